The standard InChI is InChI=1S/C9H14N4O3S2.ClH/c1-3-16-6(14)4-17-9-13-12-8(18-9)11-7(15)5(2)10;/h5H,3-4,10H2,1-2H3,(H,11,12,15);1H/t5-;/m0./s1. The van der Waals surface area contributed by atoms with Gasteiger partial charge < -0.3 is 10.5 Å². The first-order chi connectivity index (χ1) is 8.52. The van der Waals surface area contributed by atoms with Crippen LogP contribution in [-0.2, 0) is 14.3 Å². The Morgan fingerprint density at radius 3 is 2.79 bits per heavy atom. The fourth-order valence-electron chi connectivity index (χ4n) is 0.861. The minimum absolute atomic E-state index is 0. The minimum atomic E-state index is -0.607. The molecule has 1 aromatic rings. The Bertz CT molecular complexity index is 427. The maximum atomic E-state index is 11.3. The highest BCUT2D eigenvalue weighted by atomic mass is 35.5. The lowest BCUT2D eigenvalue weighted by atomic mass is 10.3. The van der Waals surface area contributed by atoms with Crippen molar-refractivity contribution in [3.8, 4) is 0 Å². The van der Waals surface area contributed by atoms with Gasteiger partial charge in [0.1, 0.15) is 0 Å². The quantitative estimate of drug-likeness (QED) is 0.454. The fraction of sp³-hybridized carbons (Fsp3) is 0.556. The van der Waals surface area contributed by atoms with Crippen LogP contribution in [0.1, 0.15) is 13.8 Å². The molecule has 0 aliphatic heterocycles. The molecule has 1 amide bonds. The first-order valence-electron chi connectivity index (χ1n) is 5.21. The molecule has 1 heterocycles. The summed E-state index contributed by atoms with van der Waals surface area (Å²) in [6.07, 6.45) is 0. The van der Waals surface area contributed by atoms with Gasteiger partial charge >= 0.3 is 5.97 Å². The van der Waals surface area contributed by atoms with E-state index in [4.69, 9.17) is 10.5 Å². The zero-order chi connectivity index (χ0) is 13.5. The van der Waals surface area contributed by atoms with Crippen molar-refractivity contribution >= 4 is 52.5 Å². The third kappa shape index (κ3) is 6.71. The van der Waals surface area contributed by atoms with Crippen molar-refractivity contribution in [1.29, 1.82) is 0 Å². The van der Waals surface area contributed by atoms with Gasteiger partial charge in [-0.2, -0.15) is 0 Å². The number of halogens is 1. The summed E-state index contributed by atoms with van der Waals surface area (Å²) >= 11 is 2.40. The topological polar surface area (TPSA) is 107 Å². The zero-order valence-corrected chi connectivity index (χ0v) is 12.9. The number of amides is 1. The average Bonchev–Trinajstić information content (AvgIpc) is 2.74. The van der Waals surface area contributed by atoms with Crippen LogP contribution in [0, 0.1) is 0 Å². The number of nitrogens with one attached hydrogen (secondary N) is 1. The fourth-order valence-corrected chi connectivity index (χ4v) is 2.41. The average molecular weight is 327 g/mol. The largest absolute Gasteiger partial charge is 0.465 e. The summed E-state index contributed by atoms with van der Waals surface area (Å²) in [6, 6.07) is -0.607. The molecule has 1 aromatic heterocycles. The van der Waals surface area contributed by atoms with Crippen LogP contribution in [-0.4, -0.2) is 40.5 Å². The van der Waals surface area contributed by atoms with E-state index in [0.717, 1.165) is 0 Å². The van der Waals surface area contributed by atoms with Crippen molar-refractivity contribution in [2.75, 3.05) is 17.7 Å². The molecule has 0 saturated heterocycles. The van der Waals surface area contributed by atoms with Crippen LogP contribution in [0.5, 0.6) is 0 Å². The monoisotopic (exact) mass is 326 g/mol. The van der Waals surface area contributed by atoms with Gasteiger partial charge in [-0.15, -0.1) is 22.6 Å². The number of rotatable bonds is 6. The Morgan fingerprint density at radius 1 is 1.53 bits per heavy atom. The van der Waals surface area contributed by atoms with Gasteiger partial charge in [-0.05, 0) is 13.8 Å². The summed E-state index contributed by atoms with van der Waals surface area (Å²) in [5.74, 6) is -0.462. The van der Waals surface area contributed by atoms with Gasteiger partial charge in [0.15, 0.2) is 4.34 Å². The zero-order valence-electron chi connectivity index (χ0n) is 10.4. The number of aromatic nitrogens is 2. The van der Waals surface area contributed by atoms with Gasteiger partial charge in [0.05, 0.1) is 18.4 Å². The number of hydrogen-bond donors (Lipinski definition) is 2. The highest BCUT2D eigenvalue weighted by molar-refractivity contribution is 8.01. The van der Waals surface area contributed by atoms with Crippen LogP contribution in [0.4, 0.5) is 5.13 Å². The molecule has 0 aromatic carbocycles. The Hall–Kier alpha value is -0.900. The molecule has 1 rings (SSSR count). The number of carbonyl (C=O) groups is 2. The molecule has 108 valence electrons. The summed E-state index contributed by atoms with van der Waals surface area (Å²) in [4.78, 5) is 22.4. The number of carbonyl (C=O) groups excluding carboxylic acids is 2. The van der Waals surface area contributed by atoms with E-state index in [0.29, 0.717) is 16.1 Å². The van der Waals surface area contributed by atoms with E-state index in [-0.39, 0.29) is 30.0 Å². The Kier molecular flexibility index (Phi) is 8.65. The van der Waals surface area contributed by atoms with E-state index in [1.807, 2.05) is 0 Å². The second-order valence-electron chi connectivity index (χ2n) is 3.24. The molecular weight excluding hydrogens is 312 g/mol. The molecule has 0 aliphatic rings. The molecular formula is C9H15ClN4O3S2. The molecule has 10 heteroatoms. The predicted molar refractivity (Wildman–Crippen MR) is 76.8 cm³/mol. The number of nitrogens with zero attached hydrogens (tertiary/aromatic N) is 2. The van der Waals surface area contributed by atoms with Gasteiger partial charge in [-0.25, -0.2) is 0 Å². The third-order valence-electron chi connectivity index (χ3n) is 1.67. The van der Waals surface area contributed by atoms with E-state index >= 15 is 0 Å². The molecule has 7 nitrogen and oxygen atoms in total. The number of hydrogen-bond acceptors (Lipinski definition) is 8. The van der Waals surface area contributed by atoms with E-state index in [1.165, 1.54) is 23.1 Å². The second-order valence-corrected chi connectivity index (χ2v) is 5.44. The molecule has 19 heavy (non-hydrogen) atoms. The summed E-state index contributed by atoms with van der Waals surface area (Å²) in [5, 5.41) is 10.5. The van der Waals surface area contributed by atoms with Crippen LogP contribution in [0.25, 0.3) is 0 Å². The van der Waals surface area contributed by atoms with Gasteiger partial charge in [-0.3, -0.25) is 14.9 Å². The molecule has 0 saturated carbocycles. The van der Waals surface area contributed by atoms with Gasteiger partial charge in [-0.1, -0.05) is 23.1 Å². The maximum Gasteiger partial charge on any atom is 0.316 e. The Morgan fingerprint density at radius 2 is 2.21 bits per heavy atom. The van der Waals surface area contributed by atoms with E-state index in [2.05, 4.69) is 15.5 Å². The molecule has 1 atom stereocenters. The Balaban J connectivity index is 0.00000324. The smallest absolute Gasteiger partial charge is 0.316 e. The number of esters is 1. The second kappa shape index (κ2) is 9.08. The highest BCUT2D eigenvalue weighted by Crippen LogP contribution is 2.25. The number of anilines is 1. The van der Waals surface area contributed by atoms with Crippen molar-refractivity contribution < 1.29 is 14.3 Å². The number of thioether (sulfide) groups is 1. The van der Waals surface area contributed by atoms with Crippen LogP contribution in [0.15, 0.2) is 4.34 Å². The van der Waals surface area contributed by atoms with Crippen LogP contribution in [0.2, 0.25) is 0 Å². The lowest BCUT2D eigenvalue weighted by molar-refractivity contribution is -0.139. The van der Waals surface area contributed by atoms with E-state index < -0.39 is 6.04 Å². The number of nitrogens with two attached hydrogens (primary N) is 1. The molecule has 0 spiro atoms. The summed E-state index contributed by atoms with van der Waals surface area (Å²) in [5.41, 5.74) is 5.40. The number of ether oxygens (including phenoxy) is 1. The normalized spacial score (nSPS) is 11.3. The predicted octanol–water partition coefficient (Wildman–Crippen LogP) is 0.901. The van der Waals surface area contributed by atoms with Crippen molar-refractivity contribution in [2.24, 2.45) is 5.73 Å². The molecule has 0 fully saturated rings. The highest BCUT2D eigenvalue weighted by Gasteiger charge is 2.12. The molecule has 0 unspecified atom stereocenters. The van der Waals surface area contributed by atoms with Crippen molar-refractivity contribution in [3.63, 3.8) is 0 Å². The van der Waals surface area contributed by atoms with Gasteiger partial charge in [0.2, 0.25) is 11.0 Å². The first-order valence-corrected chi connectivity index (χ1v) is 7.01. The molecule has 0 aliphatic carbocycles. The van der Waals surface area contributed by atoms with Crippen molar-refractivity contribution in [3.05, 3.63) is 0 Å². The molecule has 0 bridgehead atoms. The van der Waals surface area contributed by atoms with Crippen LogP contribution < -0.4 is 11.1 Å². The lowest BCUT2D eigenvalue weighted by Gasteiger charge is -2.02. The lowest BCUT2D eigenvalue weighted by Crippen LogP contribution is -2.32. The van der Waals surface area contributed by atoms with Gasteiger partial charge in [0, 0.05) is 0 Å². The van der Waals surface area contributed by atoms with E-state index in [1.54, 1.807) is 13.8 Å². The van der Waals surface area contributed by atoms with Crippen molar-refractivity contribution in [1.82, 2.24) is 10.2 Å². The summed E-state index contributed by atoms with van der Waals surface area (Å²) in [7, 11) is 0. The van der Waals surface area contributed by atoms with Gasteiger partial charge in [0.25, 0.3) is 0 Å². The third-order valence-corrected chi connectivity index (χ3v) is 3.61. The Labute approximate surface area is 125 Å². The summed E-state index contributed by atoms with van der Waals surface area (Å²) in [6.45, 7) is 3.67. The summed E-state index contributed by atoms with van der Waals surface area (Å²) < 4.78 is 5.36. The van der Waals surface area contributed by atoms with Crippen molar-refractivity contribution in [2.45, 2.75) is 24.2 Å². The van der Waals surface area contributed by atoms with Crippen LogP contribution >= 0.6 is 35.5 Å². The minimum Gasteiger partial charge on any atom is -0.465 e. The molecule has 3 N–H and O–H groups in total. The first kappa shape index (κ1) is 18.1. The SMILES string of the molecule is CCOC(=O)CSc1nnc(NC(=O)[C@H](C)N)s1.Cl. The molecule has 0 radical (unpaired) electrons. The van der Waals surface area contributed by atoms with Crippen LogP contribution in [0.3, 0.4) is 0 Å². The van der Waals surface area contributed by atoms with E-state index in [9.17, 15) is 9.59 Å². The maximum absolute atomic E-state index is 11.3.